The largest absolute Gasteiger partial charge is 0.481 e. The molecule has 0 saturated heterocycles. The average Bonchev–Trinajstić information content (AvgIpc) is 2.41. The van der Waals surface area contributed by atoms with Crippen LogP contribution in [0.25, 0.3) is 0 Å². The van der Waals surface area contributed by atoms with E-state index in [4.69, 9.17) is 9.84 Å². The van der Waals surface area contributed by atoms with Crippen LogP contribution in [0.15, 0.2) is 41.0 Å². The number of carboxylic acids is 1. The number of aromatic nitrogens is 1. The van der Waals surface area contributed by atoms with E-state index in [9.17, 15) is 4.79 Å². The van der Waals surface area contributed by atoms with Crippen LogP contribution in [0.4, 0.5) is 11.4 Å². The Balaban J connectivity index is 2.25. The summed E-state index contributed by atoms with van der Waals surface area (Å²) in [5, 5.41) is 12.0. The number of rotatable bonds is 4. The van der Waals surface area contributed by atoms with Crippen molar-refractivity contribution in [3.63, 3.8) is 0 Å². The number of nitrogens with zero attached hydrogens (tertiary/aromatic N) is 1. The Bertz CT molecular complexity index is 617. The van der Waals surface area contributed by atoms with E-state index in [-0.39, 0.29) is 5.56 Å². The molecule has 0 saturated carbocycles. The monoisotopic (exact) mass is 322 g/mol. The fourth-order valence-electron chi connectivity index (χ4n) is 1.50. The Hall–Kier alpha value is -2.08. The zero-order valence-corrected chi connectivity index (χ0v) is 11.6. The first-order valence-electron chi connectivity index (χ1n) is 5.40. The summed E-state index contributed by atoms with van der Waals surface area (Å²) in [6, 6.07) is 8.31. The number of hydrogen-bond acceptors (Lipinski definition) is 4. The lowest BCUT2D eigenvalue weighted by atomic mass is 10.2. The molecule has 1 heterocycles. The highest BCUT2D eigenvalue weighted by Gasteiger charge is 2.07. The van der Waals surface area contributed by atoms with E-state index in [2.05, 4.69) is 26.2 Å². The lowest BCUT2D eigenvalue weighted by molar-refractivity contribution is 0.0697. The minimum absolute atomic E-state index is 0.227. The molecule has 5 nitrogen and oxygen atoms in total. The van der Waals surface area contributed by atoms with Crippen LogP contribution in [0.3, 0.4) is 0 Å². The molecule has 98 valence electrons. The number of anilines is 2. The predicted molar refractivity (Wildman–Crippen MR) is 75.2 cm³/mol. The molecule has 0 aliphatic carbocycles. The van der Waals surface area contributed by atoms with Gasteiger partial charge >= 0.3 is 5.97 Å². The smallest absolute Gasteiger partial charge is 0.335 e. The summed E-state index contributed by atoms with van der Waals surface area (Å²) in [7, 11) is 1.55. The summed E-state index contributed by atoms with van der Waals surface area (Å²) < 4.78 is 5.70. The van der Waals surface area contributed by atoms with Crippen molar-refractivity contribution < 1.29 is 14.6 Å². The van der Waals surface area contributed by atoms with Crippen molar-refractivity contribution in [2.75, 3.05) is 12.4 Å². The van der Waals surface area contributed by atoms with Crippen LogP contribution >= 0.6 is 15.9 Å². The predicted octanol–water partition coefficient (Wildman–Crippen LogP) is 3.29. The van der Waals surface area contributed by atoms with E-state index < -0.39 is 5.97 Å². The molecule has 1 aromatic heterocycles. The highest BCUT2D eigenvalue weighted by Crippen LogP contribution is 2.27. The Morgan fingerprint density at radius 2 is 2.16 bits per heavy atom. The number of halogens is 1. The third kappa shape index (κ3) is 3.23. The summed E-state index contributed by atoms with van der Waals surface area (Å²) in [5.41, 5.74) is 1.79. The third-order valence-electron chi connectivity index (χ3n) is 2.44. The van der Waals surface area contributed by atoms with Gasteiger partial charge in [-0.15, -0.1) is 0 Å². The van der Waals surface area contributed by atoms with Crippen molar-refractivity contribution in [1.82, 2.24) is 4.98 Å². The van der Waals surface area contributed by atoms with Crippen molar-refractivity contribution in [3.8, 4) is 5.88 Å². The number of hydrogen-bond donors (Lipinski definition) is 2. The van der Waals surface area contributed by atoms with Crippen molar-refractivity contribution in [3.05, 3.63) is 46.6 Å². The van der Waals surface area contributed by atoms with Gasteiger partial charge in [0.25, 0.3) is 0 Å². The molecule has 0 radical (unpaired) electrons. The fraction of sp³-hybridized carbons (Fsp3) is 0.0769. The molecule has 2 aromatic rings. The van der Waals surface area contributed by atoms with Gasteiger partial charge in [0.2, 0.25) is 5.88 Å². The van der Waals surface area contributed by atoms with Gasteiger partial charge in [-0.3, -0.25) is 0 Å². The van der Waals surface area contributed by atoms with Gasteiger partial charge < -0.3 is 15.2 Å². The second kappa shape index (κ2) is 5.71. The summed E-state index contributed by atoms with van der Waals surface area (Å²) in [6.45, 7) is 0. The fourth-order valence-corrected chi connectivity index (χ4v) is 1.98. The van der Waals surface area contributed by atoms with Gasteiger partial charge in [0.15, 0.2) is 0 Å². The number of carbonyl (C=O) groups is 1. The molecular formula is C13H11BrN2O3. The van der Waals surface area contributed by atoms with E-state index >= 15 is 0 Å². The first-order chi connectivity index (χ1) is 9.10. The maximum atomic E-state index is 10.8. The molecule has 1 aromatic carbocycles. The number of methoxy groups -OCH3 is 1. The molecule has 19 heavy (non-hydrogen) atoms. The van der Waals surface area contributed by atoms with Crippen LogP contribution in [0.1, 0.15) is 10.4 Å². The van der Waals surface area contributed by atoms with Gasteiger partial charge in [-0.05, 0) is 40.2 Å². The van der Waals surface area contributed by atoms with Crippen LogP contribution in [0.5, 0.6) is 5.88 Å². The number of benzene rings is 1. The first-order valence-corrected chi connectivity index (χ1v) is 6.19. The molecule has 6 heteroatoms. The average molecular weight is 323 g/mol. The normalized spacial score (nSPS) is 10.0. The van der Waals surface area contributed by atoms with Crippen LogP contribution in [0, 0.1) is 0 Å². The Morgan fingerprint density at radius 3 is 2.79 bits per heavy atom. The number of ether oxygens (including phenoxy) is 1. The topological polar surface area (TPSA) is 71.5 Å². The van der Waals surface area contributed by atoms with Crippen LogP contribution in [-0.2, 0) is 0 Å². The molecule has 0 unspecified atom stereocenters. The van der Waals surface area contributed by atoms with Gasteiger partial charge in [0.1, 0.15) is 0 Å². The van der Waals surface area contributed by atoms with E-state index in [0.717, 1.165) is 11.4 Å². The molecule has 0 fully saturated rings. The highest BCUT2D eigenvalue weighted by molar-refractivity contribution is 9.10. The SMILES string of the molecule is COc1cc(Nc2ccc(C(=O)O)cc2Br)ccn1. The molecule has 0 atom stereocenters. The highest BCUT2D eigenvalue weighted by atomic mass is 79.9. The van der Waals surface area contributed by atoms with Gasteiger partial charge in [0.05, 0.1) is 18.4 Å². The number of carboxylic acid groups (broad SMARTS) is 1. The van der Waals surface area contributed by atoms with E-state index in [0.29, 0.717) is 10.4 Å². The summed E-state index contributed by atoms with van der Waals surface area (Å²) in [5.74, 6) is -0.457. The summed E-state index contributed by atoms with van der Waals surface area (Å²) in [4.78, 5) is 14.8. The van der Waals surface area contributed by atoms with E-state index in [1.165, 1.54) is 6.07 Å². The van der Waals surface area contributed by atoms with Gasteiger partial charge in [-0.1, -0.05) is 0 Å². The molecular weight excluding hydrogens is 312 g/mol. The number of nitrogens with one attached hydrogen (secondary N) is 1. The Labute approximate surface area is 118 Å². The number of pyridine rings is 1. The van der Waals surface area contributed by atoms with Crippen molar-refractivity contribution in [2.24, 2.45) is 0 Å². The molecule has 0 spiro atoms. The van der Waals surface area contributed by atoms with Crippen LogP contribution in [0.2, 0.25) is 0 Å². The molecule has 2 N–H and O–H groups in total. The summed E-state index contributed by atoms with van der Waals surface area (Å²) in [6.07, 6.45) is 1.63. The van der Waals surface area contributed by atoms with Gasteiger partial charge in [0, 0.05) is 22.4 Å². The summed E-state index contributed by atoms with van der Waals surface area (Å²) >= 11 is 3.34. The van der Waals surface area contributed by atoms with Crippen molar-refractivity contribution in [2.45, 2.75) is 0 Å². The number of aromatic carboxylic acids is 1. The molecule has 2 rings (SSSR count). The van der Waals surface area contributed by atoms with Gasteiger partial charge in [-0.2, -0.15) is 0 Å². The van der Waals surface area contributed by atoms with Crippen LogP contribution < -0.4 is 10.1 Å². The van der Waals surface area contributed by atoms with Crippen molar-refractivity contribution in [1.29, 1.82) is 0 Å². The van der Waals surface area contributed by atoms with E-state index in [1.807, 2.05) is 0 Å². The lowest BCUT2D eigenvalue weighted by Gasteiger charge is -2.10. The molecule has 0 bridgehead atoms. The van der Waals surface area contributed by atoms with Crippen LogP contribution in [-0.4, -0.2) is 23.2 Å². The second-order valence-corrected chi connectivity index (χ2v) is 4.57. The molecule has 0 aliphatic heterocycles. The first kappa shape index (κ1) is 13.4. The molecule has 0 aliphatic rings. The Morgan fingerprint density at radius 1 is 1.37 bits per heavy atom. The second-order valence-electron chi connectivity index (χ2n) is 3.71. The quantitative estimate of drug-likeness (QED) is 0.903. The minimum atomic E-state index is -0.960. The molecule has 0 amide bonds. The zero-order valence-electron chi connectivity index (χ0n) is 10.1. The lowest BCUT2D eigenvalue weighted by Crippen LogP contribution is -1.98. The van der Waals surface area contributed by atoms with Gasteiger partial charge in [-0.25, -0.2) is 9.78 Å². The van der Waals surface area contributed by atoms with E-state index in [1.54, 1.807) is 37.6 Å². The maximum Gasteiger partial charge on any atom is 0.335 e. The Kier molecular flexibility index (Phi) is 4.01. The standard InChI is InChI=1S/C13H11BrN2O3/c1-19-12-7-9(4-5-15-12)16-11-3-2-8(13(17)18)6-10(11)14/h2-7H,1H3,(H,15,16)(H,17,18). The minimum Gasteiger partial charge on any atom is -0.481 e. The zero-order chi connectivity index (χ0) is 13.8. The maximum absolute atomic E-state index is 10.8. The third-order valence-corrected chi connectivity index (χ3v) is 3.10. The van der Waals surface area contributed by atoms with Crippen molar-refractivity contribution >= 4 is 33.3 Å².